The SMILES string of the molecule is CNc1ncc(C(=O)N2CCC[C@H](c3cc(-c4ccc(F)cc4)cc(C)n3)C2)cn1. The molecular weight excluding hydrogens is 381 g/mol. The standard InChI is InChI=1S/C23H24FN5O/c1-15-10-18(16-5-7-20(24)8-6-16)11-21(28-15)17-4-3-9-29(14-17)22(30)19-12-26-23(25-2)27-13-19/h5-8,10-13,17H,3-4,9,14H2,1-2H3,(H,25,26,27)/t17-/m0/s1. The van der Waals surface area contributed by atoms with Crippen LogP contribution in [0.1, 0.15) is 40.5 Å². The van der Waals surface area contributed by atoms with Crippen LogP contribution in [-0.2, 0) is 0 Å². The molecule has 7 heteroatoms. The van der Waals surface area contributed by atoms with Gasteiger partial charge in [-0.3, -0.25) is 9.78 Å². The van der Waals surface area contributed by atoms with Crippen molar-refractivity contribution in [3.8, 4) is 11.1 Å². The lowest BCUT2D eigenvalue weighted by molar-refractivity contribution is 0.0705. The van der Waals surface area contributed by atoms with Gasteiger partial charge in [0.25, 0.3) is 5.91 Å². The van der Waals surface area contributed by atoms with Crippen molar-refractivity contribution in [3.05, 3.63) is 71.6 Å². The Morgan fingerprint density at radius 3 is 2.57 bits per heavy atom. The van der Waals surface area contributed by atoms with E-state index in [-0.39, 0.29) is 17.6 Å². The van der Waals surface area contributed by atoms with Gasteiger partial charge >= 0.3 is 0 Å². The molecule has 3 heterocycles. The van der Waals surface area contributed by atoms with Crippen molar-refractivity contribution in [2.24, 2.45) is 0 Å². The minimum absolute atomic E-state index is 0.0613. The molecule has 1 aliphatic rings. The molecule has 0 aliphatic carbocycles. The number of piperidine rings is 1. The lowest BCUT2D eigenvalue weighted by Crippen LogP contribution is -2.39. The lowest BCUT2D eigenvalue weighted by Gasteiger charge is -2.32. The Morgan fingerprint density at radius 2 is 1.87 bits per heavy atom. The number of pyridine rings is 1. The van der Waals surface area contributed by atoms with Crippen molar-refractivity contribution in [2.75, 3.05) is 25.5 Å². The minimum Gasteiger partial charge on any atom is -0.357 e. The summed E-state index contributed by atoms with van der Waals surface area (Å²) in [4.78, 5) is 27.8. The molecule has 6 nitrogen and oxygen atoms in total. The van der Waals surface area contributed by atoms with E-state index in [1.165, 1.54) is 12.1 Å². The summed E-state index contributed by atoms with van der Waals surface area (Å²) in [5, 5.41) is 2.85. The summed E-state index contributed by atoms with van der Waals surface area (Å²) >= 11 is 0. The smallest absolute Gasteiger partial charge is 0.257 e. The first kappa shape index (κ1) is 19.9. The molecule has 0 bridgehead atoms. The number of carbonyl (C=O) groups is 1. The fraction of sp³-hybridized carbons (Fsp3) is 0.304. The second kappa shape index (κ2) is 8.57. The number of amides is 1. The van der Waals surface area contributed by atoms with Crippen LogP contribution in [0.3, 0.4) is 0 Å². The van der Waals surface area contributed by atoms with Crippen molar-refractivity contribution < 1.29 is 9.18 Å². The zero-order chi connectivity index (χ0) is 21.1. The predicted molar refractivity (Wildman–Crippen MR) is 114 cm³/mol. The number of nitrogens with one attached hydrogen (secondary N) is 1. The van der Waals surface area contributed by atoms with E-state index in [0.717, 1.165) is 35.4 Å². The van der Waals surface area contributed by atoms with E-state index in [0.29, 0.717) is 24.6 Å². The van der Waals surface area contributed by atoms with Gasteiger partial charge in [0.05, 0.1) is 5.56 Å². The van der Waals surface area contributed by atoms with Crippen LogP contribution in [0.5, 0.6) is 0 Å². The Labute approximate surface area is 175 Å². The summed E-state index contributed by atoms with van der Waals surface area (Å²) in [6.07, 6.45) is 5.00. The van der Waals surface area contributed by atoms with Crippen LogP contribution in [0.15, 0.2) is 48.8 Å². The maximum atomic E-state index is 13.3. The van der Waals surface area contributed by atoms with Gasteiger partial charge < -0.3 is 10.2 Å². The fourth-order valence-electron chi connectivity index (χ4n) is 3.87. The summed E-state index contributed by atoms with van der Waals surface area (Å²) in [5.41, 5.74) is 4.32. The monoisotopic (exact) mass is 405 g/mol. The molecule has 1 aromatic carbocycles. The molecule has 154 valence electrons. The van der Waals surface area contributed by atoms with E-state index in [4.69, 9.17) is 4.98 Å². The molecule has 1 amide bonds. The van der Waals surface area contributed by atoms with E-state index < -0.39 is 0 Å². The third-order valence-corrected chi connectivity index (χ3v) is 5.40. The van der Waals surface area contributed by atoms with Crippen molar-refractivity contribution in [2.45, 2.75) is 25.7 Å². The average molecular weight is 405 g/mol. The van der Waals surface area contributed by atoms with Gasteiger partial charge in [0.1, 0.15) is 5.82 Å². The number of hydrogen-bond acceptors (Lipinski definition) is 5. The lowest BCUT2D eigenvalue weighted by atomic mass is 9.92. The van der Waals surface area contributed by atoms with Gasteiger partial charge in [-0.05, 0) is 55.2 Å². The van der Waals surface area contributed by atoms with E-state index in [2.05, 4.69) is 21.4 Å². The molecule has 0 unspecified atom stereocenters. The van der Waals surface area contributed by atoms with Crippen LogP contribution in [0.2, 0.25) is 0 Å². The molecule has 1 N–H and O–H groups in total. The van der Waals surface area contributed by atoms with Crippen molar-refractivity contribution >= 4 is 11.9 Å². The molecule has 4 rings (SSSR count). The highest BCUT2D eigenvalue weighted by molar-refractivity contribution is 5.93. The molecule has 30 heavy (non-hydrogen) atoms. The molecule has 3 aromatic rings. The Morgan fingerprint density at radius 1 is 1.13 bits per heavy atom. The molecule has 1 saturated heterocycles. The number of hydrogen-bond donors (Lipinski definition) is 1. The molecule has 2 aromatic heterocycles. The predicted octanol–water partition coefficient (Wildman–Crippen LogP) is 4.05. The molecule has 1 atom stereocenters. The van der Waals surface area contributed by atoms with Crippen LogP contribution in [-0.4, -0.2) is 45.9 Å². The van der Waals surface area contributed by atoms with E-state index in [9.17, 15) is 9.18 Å². The summed E-state index contributed by atoms with van der Waals surface area (Å²) < 4.78 is 13.3. The molecular formula is C23H24FN5O. The van der Waals surface area contributed by atoms with Crippen molar-refractivity contribution in [3.63, 3.8) is 0 Å². The highest BCUT2D eigenvalue weighted by atomic mass is 19.1. The average Bonchev–Trinajstić information content (AvgIpc) is 2.79. The highest BCUT2D eigenvalue weighted by Crippen LogP contribution is 2.30. The van der Waals surface area contributed by atoms with E-state index in [1.54, 1.807) is 31.6 Å². The maximum absolute atomic E-state index is 13.3. The highest BCUT2D eigenvalue weighted by Gasteiger charge is 2.27. The summed E-state index contributed by atoms with van der Waals surface area (Å²) in [5.74, 6) is 0.325. The van der Waals surface area contributed by atoms with E-state index >= 15 is 0 Å². The van der Waals surface area contributed by atoms with Crippen LogP contribution in [0.4, 0.5) is 10.3 Å². The fourth-order valence-corrected chi connectivity index (χ4v) is 3.87. The number of carbonyl (C=O) groups excluding carboxylic acids is 1. The number of benzene rings is 1. The number of halogens is 1. The van der Waals surface area contributed by atoms with E-state index in [1.807, 2.05) is 17.9 Å². The van der Waals surface area contributed by atoms with Crippen LogP contribution >= 0.6 is 0 Å². The Bertz CT molecular complexity index is 1040. The second-order valence-electron chi connectivity index (χ2n) is 7.56. The number of rotatable bonds is 4. The summed E-state index contributed by atoms with van der Waals surface area (Å²) in [7, 11) is 1.74. The first-order chi connectivity index (χ1) is 14.5. The van der Waals surface area contributed by atoms with Gasteiger partial charge in [0.15, 0.2) is 0 Å². The summed E-state index contributed by atoms with van der Waals surface area (Å²) in [6.45, 7) is 3.27. The molecule has 1 aliphatic heterocycles. The number of likely N-dealkylation sites (tertiary alicyclic amines) is 1. The third-order valence-electron chi connectivity index (χ3n) is 5.40. The van der Waals surface area contributed by atoms with Gasteiger partial charge in [0.2, 0.25) is 5.95 Å². The van der Waals surface area contributed by atoms with Crippen molar-refractivity contribution in [1.29, 1.82) is 0 Å². The molecule has 0 saturated carbocycles. The number of nitrogens with zero attached hydrogens (tertiary/aromatic N) is 4. The van der Waals surface area contributed by atoms with Crippen LogP contribution < -0.4 is 5.32 Å². The largest absolute Gasteiger partial charge is 0.357 e. The molecule has 0 radical (unpaired) electrons. The molecule has 1 fully saturated rings. The number of aromatic nitrogens is 3. The Kier molecular flexibility index (Phi) is 5.70. The Hall–Kier alpha value is -3.35. The van der Waals surface area contributed by atoms with Gasteiger partial charge in [-0.1, -0.05) is 12.1 Å². The van der Waals surface area contributed by atoms with Crippen molar-refractivity contribution in [1.82, 2.24) is 19.9 Å². The maximum Gasteiger partial charge on any atom is 0.257 e. The molecule has 0 spiro atoms. The second-order valence-corrected chi connectivity index (χ2v) is 7.56. The number of aryl methyl sites for hydroxylation is 1. The Balaban J connectivity index is 1.55. The quantitative estimate of drug-likeness (QED) is 0.709. The summed E-state index contributed by atoms with van der Waals surface area (Å²) in [6, 6.07) is 10.5. The number of anilines is 1. The minimum atomic E-state index is -0.252. The van der Waals surface area contributed by atoms with Gasteiger partial charge in [-0.2, -0.15) is 0 Å². The zero-order valence-corrected chi connectivity index (χ0v) is 17.1. The van der Waals surface area contributed by atoms with Gasteiger partial charge in [-0.25, -0.2) is 14.4 Å². The normalized spacial score (nSPS) is 16.4. The zero-order valence-electron chi connectivity index (χ0n) is 17.1. The first-order valence-electron chi connectivity index (χ1n) is 10.1. The van der Waals surface area contributed by atoms with Crippen LogP contribution in [0.25, 0.3) is 11.1 Å². The first-order valence-corrected chi connectivity index (χ1v) is 10.1. The van der Waals surface area contributed by atoms with Crippen LogP contribution in [0, 0.1) is 12.7 Å². The van der Waals surface area contributed by atoms with Gasteiger partial charge in [-0.15, -0.1) is 0 Å². The topological polar surface area (TPSA) is 71.0 Å². The third kappa shape index (κ3) is 4.30. The van der Waals surface area contributed by atoms with Gasteiger partial charge in [0, 0.05) is 49.8 Å².